The monoisotopic (exact) mass is 457 g/mol. The minimum absolute atomic E-state index is 0. The first-order valence-corrected chi connectivity index (χ1v) is 8.85. The van der Waals surface area contributed by atoms with Crippen molar-refractivity contribution in [1.82, 2.24) is 9.80 Å². The summed E-state index contributed by atoms with van der Waals surface area (Å²) in [6.07, 6.45) is 3.38. The lowest BCUT2D eigenvalue weighted by molar-refractivity contribution is -0.139. The molecule has 25 heavy (non-hydrogen) atoms. The molecule has 7 heteroatoms. The molecule has 138 valence electrons. The summed E-state index contributed by atoms with van der Waals surface area (Å²) >= 11 is 0. The van der Waals surface area contributed by atoms with Crippen LogP contribution in [-0.2, 0) is 4.79 Å². The Labute approximate surface area is 166 Å². The van der Waals surface area contributed by atoms with Crippen LogP contribution in [-0.4, -0.2) is 60.9 Å². The largest absolute Gasteiger partial charge is 0.370 e. The summed E-state index contributed by atoms with van der Waals surface area (Å²) in [5.74, 6) is 1.13. The van der Waals surface area contributed by atoms with Crippen molar-refractivity contribution < 1.29 is 4.79 Å². The zero-order valence-corrected chi connectivity index (χ0v) is 16.9. The first kappa shape index (κ1) is 20.0. The van der Waals surface area contributed by atoms with Gasteiger partial charge in [-0.25, -0.2) is 0 Å². The van der Waals surface area contributed by atoms with E-state index >= 15 is 0 Å². The summed E-state index contributed by atoms with van der Waals surface area (Å²) in [4.78, 5) is 21.0. The van der Waals surface area contributed by atoms with Crippen LogP contribution in [0.15, 0.2) is 35.3 Å². The third-order valence-electron chi connectivity index (χ3n) is 4.88. The number of carbonyl (C=O) groups is 1. The molecule has 2 aliphatic rings. The molecule has 0 spiro atoms. The molecule has 2 fully saturated rings. The maximum absolute atomic E-state index is 12.2. The van der Waals surface area contributed by atoms with Crippen LogP contribution in [0.5, 0.6) is 0 Å². The molecular weight excluding hydrogens is 429 g/mol. The summed E-state index contributed by atoms with van der Waals surface area (Å²) in [7, 11) is 0. The molecule has 0 atom stereocenters. The molecular formula is C18H28IN5O. The average Bonchev–Trinajstić information content (AvgIpc) is 2.55. The zero-order chi connectivity index (χ0) is 16.8. The van der Waals surface area contributed by atoms with Crippen molar-refractivity contribution in [1.29, 1.82) is 0 Å². The van der Waals surface area contributed by atoms with Crippen LogP contribution in [0.25, 0.3) is 0 Å². The molecule has 0 bridgehead atoms. The van der Waals surface area contributed by atoms with Gasteiger partial charge >= 0.3 is 0 Å². The molecule has 1 aromatic rings. The number of piperazine rings is 1. The van der Waals surface area contributed by atoms with Crippen molar-refractivity contribution in [3.8, 4) is 0 Å². The maximum Gasteiger partial charge on any atom is 0.225 e. The Bertz CT molecular complexity index is 568. The Balaban J connectivity index is 0.00000225. The molecule has 1 saturated carbocycles. The van der Waals surface area contributed by atoms with Gasteiger partial charge in [-0.15, -0.1) is 24.0 Å². The van der Waals surface area contributed by atoms with Gasteiger partial charge in [0.05, 0.1) is 6.54 Å². The van der Waals surface area contributed by atoms with Gasteiger partial charge in [-0.3, -0.25) is 14.7 Å². The van der Waals surface area contributed by atoms with Gasteiger partial charge in [-0.05, 0) is 25.0 Å². The fourth-order valence-electron chi connectivity index (χ4n) is 3.13. The highest BCUT2D eigenvalue weighted by Gasteiger charge is 2.30. The van der Waals surface area contributed by atoms with Crippen LogP contribution < -0.4 is 11.1 Å². The van der Waals surface area contributed by atoms with E-state index in [1.807, 2.05) is 35.2 Å². The fraction of sp³-hybridized carbons (Fsp3) is 0.556. The van der Waals surface area contributed by atoms with E-state index < -0.39 is 0 Å². The molecule has 3 rings (SSSR count). The van der Waals surface area contributed by atoms with Crippen LogP contribution in [0, 0.1) is 5.92 Å². The second kappa shape index (κ2) is 9.96. The number of halogens is 1. The Morgan fingerprint density at radius 3 is 2.44 bits per heavy atom. The third-order valence-corrected chi connectivity index (χ3v) is 4.88. The van der Waals surface area contributed by atoms with Crippen molar-refractivity contribution in [2.45, 2.75) is 19.3 Å². The number of nitrogens with zero attached hydrogens (tertiary/aromatic N) is 3. The second-order valence-corrected chi connectivity index (χ2v) is 6.55. The topological polar surface area (TPSA) is 74.0 Å². The van der Waals surface area contributed by atoms with Crippen LogP contribution >= 0.6 is 24.0 Å². The van der Waals surface area contributed by atoms with E-state index in [1.54, 1.807) is 0 Å². The van der Waals surface area contributed by atoms with Crippen molar-refractivity contribution >= 4 is 41.5 Å². The van der Waals surface area contributed by atoms with Crippen molar-refractivity contribution in [3.05, 3.63) is 30.3 Å². The lowest BCUT2D eigenvalue weighted by Gasteiger charge is -2.38. The summed E-state index contributed by atoms with van der Waals surface area (Å²) in [6, 6.07) is 9.80. The second-order valence-electron chi connectivity index (χ2n) is 6.55. The van der Waals surface area contributed by atoms with Gasteiger partial charge in [0.15, 0.2) is 5.96 Å². The zero-order valence-electron chi connectivity index (χ0n) is 14.6. The number of nitrogens with two attached hydrogens (primary N) is 1. The van der Waals surface area contributed by atoms with Gasteiger partial charge in [0, 0.05) is 44.3 Å². The van der Waals surface area contributed by atoms with Crippen molar-refractivity contribution in [2.75, 3.05) is 44.6 Å². The number of aliphatic imine (C=N–C) groups is 1. The molecule has 1 saturated heterocycles. The van der Waals surface area contributed by atoms with Gasteiger partial charge in [0.1, 0.15) is 0 Å². The van der Waals surface area contributed by atoms with Crippen molar-refractivity contribution in [2.24, 2.45) is 16.6 Å². The van der Waals surface area contributed by atoms with Gasteiger partial charge in [-0.1, -0.05) is 24.6 Å². The SMILES string of the molecule is I.NC(=NCCN1CCN(C(=O)C2CCC2)CC1)Nc1ccccc1. The summed E-state index contributed by atoms with van der Waals surface area (Å²) < 4.78 is 0. The number of anilines is 1. The number of hydrogen-bond donors (Lipinski definition) is 2. The first-order chi connectivity index (χ1) is 11.7. The van der Waals surface area contributed by atoms with E-state index in [1.165, 1.54) is 6.42 Å². The molecule has 0 unspecified atom stereocenters. The quantitative estimate of drug-likeness (QED) is 0.403. The predicted octanol–water partition coefficient (Wildman–Crippen LogP) is 1.98. The lowest BCUT2D eigenvalue weighted by Crippen LogP contribution is -2.51. The van der Waals surface area contributed by atoms with E-state index in [-0.39, 0.29) is 24.0 Å². The van der Waals surface area contributed by atoms with Gasteiger partial charge in [0.25, 0.3) is 0 Å². The number of rotatable bonds is 5. The Kier molecular flexibility index (Phi) is 7.95. The van der Waals surface area contributed by atoms with Crippen LogP contribution in [0.2, 0.25) is 0 Å². The van der Waals surface area contributed by atoms with Crippen LogP contribution in [0.1, 0.15) is 19.3 Å². The minimum atomic E-state index is 0. The molecule has 1 heterocycles. The summed E-state index contributed by atoms with van der Waals surface area (Å²) in [6.45, 7) is 5.10. The van der Waals surface area contributed by atoms with Crippen molar-refractivity contribution in [3.63, 3.8) is 0 Å². The van der Waals surface area contributed by atoms with E-state index in [2.05, 4.69) is 15.2 Å². The fourth-order valence-corrected chi connectivity index (χ4v) is 3.13. The van der Waals surface area contributed by atoms with E-state index in [9.17, 15) is 4.79 Å². The normalized spacial score (nSPS) is 19.0. The smallest absolute Gasteiger partial charge is 0.225 e. The number of amides is 1. The Morgan fingerprint density at radius 1 is 1.16 bits per heavy atom. The predicted molar refractivity (Wildman–Crippen MR) is 112 cm³/mol. The summed E-state index contributed by atoms with van der Waals surface area (Å²) in [5, 5.41) is 3.08. The lowest BCUT2D eigenvalue weighted by atomic mass is 9.84. The standard InChI is InChI=1S/C18H27N5O.HI/c19-18(21-16-7-2-1-3-8-16)20-9-10-22-11-13-23(14-12-22)17(24)15-5-4-6-15;/h1-3,7-8,15H,4-6,9-14H2,(H3,19,20,21);1H. The highest BCUT2D eigenvalue weighted by atomic mass is 127. The first-order valence-electron chi connectivity index (χ1n) is 8.85. The molecule has 6 nitrogen and oxygen atoms in total. The Morgan fingerprint density at radius 2 is 1.84 bits per heavy atom. The van der Waals surface area contributed by atoms with Gasteiger partial charge in [-0.2, -0.15) is 0 Å². The number of benzene rings is 1. The van der Waals surface area contributed by atoms with E-state index in [0.29, 0.717) is 24.3 Å². The van der Waals surface area contributed by atoms with Crippen LogP contribution in [0.3, 0.4) is 0 Å². The number of hydrogen-bond acceptors (Lipinski definition) is 3. The molecule has 0 aromatic heterocycles. The highest BCUT2D eigenvalue weighted by molar-refractivity contribution is 14.0. The highest BCUT2D eigenvalue weighted by Crippen LogP contribution is 2.28. The molecule has 1 aliphatic heterocycles. The van der Waals surface area contributed by atoms with Gasteiger partial charge < -0.3 is 16.0 Å². The van der Waals surface area contributed by atoms with Crippen LogP contribution in [0.4, 0.5) is 5.69 Å². The number of guanidine groups is 1. The Hall–Kier alpha value is -1.35. The number of carbonyl (C=O) groups excluding carboxylic acids is 1. The summed E-state index contributed by atoms with van der Waals surface area (Å²) in [5.41, 5.74) is 6.85. The molecule has 0 radical (unpaired) electrons. The molecule has 1 amide bonds. The molecule has 1 aliphatic carbocycles. The van der Waals surface area contributed by atoms with Gasteiger partial charge in [0.2, 0.25) is 5.91 Å². The van der Waals surface area contributed by atoms with E-state index in [0.717, 1.165) is 51.3 Å². The minimum Gasteiger partial charge on any atom is -0.370 e. The number of nitrogens with one attached hydrogen (secondary N) is 1. The average molecular weight is 457 g/mol. The number of para-hydroxylation sites is 1. The third kappa shape index (κ3) is 5.85. The maximum atomic E-state index is 12.2. The molecule has 3 N–H and O–H groups in total. The molecule has 1 aromatic carbocycles. The van der Waals surface area contributed by atoms with E-state index in [4.69, 9.17) is 5.73 Å².